The zero-order chi connectivity index (χ0) is 16.2. The fourth-order valence-electron chi connectivity index (χ4n) is 1.69. The van der Waals surface area contributed by atoms with Crippen molar-refractivity contribution in [3.63, 3.8) is 0 Å². The first-order valence-electron chi connectivity index (χ1n) is 6.36. The van der Waals surface area contributed by atoms with E-state index in [1.807, 2.05) is 0 Å². The molecule has 0 aliphatic rings. The molecule has 0 saturated heterocycles. The standard InChI is InChI=1S/C14H15N3O4S/c1-4-8-20-14(13-10(2)11(3)16-21-13)17-22(18,19)12-6-5-7-15-9-12/h1,5-7,9,14,17H,8H2,2-3H3. The smallest absolute Gasteiger partial charge is 0.244 e. The number of aryl methyl sites for hydroxylation is 1. The maximum Gasteiger partial charge on any atom is 0.244 e. The third-order valence-electron chi connectivity index (χ3n) is 2.97. The van der Waals surface area contributed by atoms with E-state index in [9.17, 15) is 8.42 Å². The monoisotopic (exact) mass is 321 g/mol. The molecule has 0 amide bonds. The number of sulfonamides is 1. The highest BCUT2D eigenvalue weighted by Gasteiger charge is 2.27. The van der Waals surface area contributed by atoms with E-state index in [0.717, 1.165) is 0 Å². The summed E-state index contributed by atoms with van der Waals surface area (Å²) in [6, 6.07) is 2.95. The van der Waals surface area contributed by atoms with Crippen molar-refractivity contribution in [1.82, 2.24) is 14.9 Å². The van der Waals surface area contributed by atoms with Crippen molar-refractivity contribution in [3.8, 4) is 12.3 Å². The Labute approximate surface area is 128 Å². The van der Waals surface area contributed by atoms with Crippen LogP contribution in [0.4, 0.5) is 0 Å². The molecule has 1 atom stereocenters. The lowest BCUT2D eigenvalue weighted by molar-refractivity contribution is 0.0471. The van der Waals surface area contributed by atoms with Crippen molar-refractivity contribution in [2.45, 2.75) is 25.0 Å². The molecule has 1 N–H and O–H groups in total. The fraction of sp³-hybridized carbons (Fsp3) is 0.286. The molecule has 0 bridgehead atoms. The third-order valence-corrected chi connectivity index (χ3v) is 4.36. The Morgan fingerprint density at radius 1 is 1.50 bits per heavy atom. The van der Waals surface area contributed by atoms with Crippen LogP contribution in [0.2, 0.25) is 0 Å². The summed E-state index contributed by atoms with van der Waals surface area (Å²) in [7, 11) is -3.84. The van der Waals surface area contributed by atoms with Gasteiger partial charge in [-0.1, -0.05) is 11.1 Å². The third kappa shape index (κ3) is 3.51. The fourth-order valence-corrected chi connectivity index (χ4v) is 2.74. The van der Waals surface area contributed by atoms with Gasteiger partial charge in [-0.05, 0) is 26.0 Å². The molecule has 0 saturated carbocycles. The van der Waals surface area contributed by atoms with Crippen LogP contribution in [0.5, 0.6) is 0 Å². The van der Waals surface area contributed by atoms with Gasteiger partial charge < -0.3 is 9.26 Å². The SMILES string of the molecule is C#CCOC(NS(=O)(=O)c1cccnc1)c1onc(C)c1C. The van der Waals surface area contributed by atoms with Crippen LogP contribution in [0.15, 0.2) is 33.9 Å². The summed E-state index contributed by atoms with van der Waals surface area (Å²) >= 11 is 0. The van der Waals surface area contributed by atoms with Crippen LogP contribution in [0.3, 0.4) is 0 Å². The second kappa shape index (κ2) is 6.70. The van der Waals surface area contributed by atoms with E-state index in [4.69, 9.17) is 15.7 Å². The van der Waals surface area contributed by atoms with Crippen molar-refractivity contribution in [1.29, 1.82) is 0 Å². The minimum atomic E-state index is -3.84. The first kappa shape index (κ1) is 16.2. The number of terminal acetylenes is 1. The summed E-state index contributed by atoms with van der Waals surface area (Å²) in [6.07, 6.45) is 6.81. The van der Waals surface area contributed by atoms with Gasteiger partial charge in [0.25, 0.3) is 0 Å². The molecule has 0 radical (unpaired) electrons. The van der Waals surface area contributed by atoms with Gasteiger partial charge in [0.05, 0.1) is 5.69 Å². The molecule has 1 unspecified atom stereocenters. The number of nitrogens with zero attached hydrogens (tertiary/aromatic N) is 2. The molecule has 0 aromatic carbocycles. The van der Waals surface area contributed by atoms with Crippen molar-refractivity contribution < 1.29 is 17.7 Å². The Kier molecular flexibility index (Phi) is 4.92. The Balaban J connectivity index is 2.31. The highest BCUT2D eigenvalue weighted by atomic mass is 32.2. The molecular weight excluding hydrogens is 306 g/mol. The number of pyridine rings is 1. The molecule has 2 aromatic heterocycles. The summed E-state index contributed by atoms with van der Waals surface area (Å²) in [5, 5.41) is 3.79. The van der Waals surface area contributed by atoms with Gasteiger partial charge >= 0.3 is 0 Å². The predicted octanol–water partition coefficient (Wildman–Crippen LogP) is 1.31. The molecule has 0 aliphatic heterocycles. The molecular formula is C14H15N3O4S. The largest absolute Gasteiger partial charge is 0.356 e. The highest BCUT2D eigenvalue weighted by molar-refractivity contribution is 7.89. The number of aromatic nitrogens is 2. The molecule has 2 aromatic rings. The van der Waals surface area contributed by atoms with Gasteiger partial charge in [0.15, 0.2) is 12.0 Å². The molecule has 0 fully saturated rings. The summed E-state index contributed by atoms with van der Waals surface area (Å²) in [5.41, 5.74) is 1.33. The van der Waals surface area contributed by atoms with Crippen molar-refractivity contribution in [2.24, 2.45) is 0 Å². The Morgan fingerprint density at radius 3 is 2.82 bits per heavy atom. The second-order valence-corrected chi connectivity index (χ2v) is 6.18. The highest BCUT2D eigenvalue weighted by Crippen LogP contribution is 2.23. The van der Waals surface area contributed by atoms with Crippen LogP contribution in [0.1, 0.15) is 23.2 Å². The van der Waals surface area contributed by atoms with E-state index in [-0.39, 0.29) is 17.3 Å². The van der Waals surface area contributed by atoms with Crippen molar-refractivity contribution in [2.75, 3.05) is 6.61 Å². The lowest BCUT2D eigenvalue weighted by Crippen LogP contribution is -2.31. The lowest BCUT2D eigenvalue weighted by Gasteiger charge is -2.16. The summed E-state index contributed by atoms with van der Waals surface area (Å²) in [5.74, 6) is 2.55. The minimum absolute atomic E-state index is 0.0122. The quantitative estimate of drug-likeness (QED) is 0.637. The van der Waals surface area contributed by atoms with E-state index < -0.39 is 16.3 Å². The van der Waals surface area contributed by atoms with Gasteiger partial charge in [-0.2, -0.15) is 4.72 Å². The lowest BCUT2D eigenvalue weighted by atomic mass is 10.2. The topological polar surface area (TPSA) is 94.3 Å². The van der Waals surface area contributed by atoms with E-state index in [1.165, 1.54) is 24.5 Å². The van der Waals surface area contributed by atoms with Crippen LogP contribution in [0.25, 0.3) is 0 Å². The number of ether oxygens (including phenoxy) is 1. The average molecular weight is 321 g/mol. The summed E-state index contributed by atoms with van der Waals surface area (Å²) in [4.78, 5) is 3.80. The normalized spacial score (nSPS) is 12.8. The first-order chi connectivity index (χ1) is 10.5. The van der Waals surface area contributed by atoms with Gasteiger partial charge in [-0.25, -0.2) is 8.42 Å². The van der Waals surface area contributed by atoms with E-state index in [0.29, 0.717) is 11.3 Å². The van der Waals surface area contributed by atoms with Crippen LogP contribution in [0, 0.1) is 26.2 Å². The molecule has 2 heterocycles. The van der Waals surface area contributed by atoms with Crippen LogP contribution in [-0.4, -0.2) is 25.2 Å². The van der Waals surface area contributed by atoms with Gasteiger partial charge in [0, 0.05) is 18.0 Å². The van der Waals surface area contributed by atoms with Gasteiger partial charge in [-0.15, -0.1) is 6.42 Å². The van der Waals surface area contributed by atoms with Crippen LogP contribution < -0.4 is 4.72 Å². The molecule has 7 nitrogen and oxygen atoms in total. The molecule has 0 spiro atoms. The first-order valence-corrected chi connectivity index (χ1v) is 7.84. The van der Waals surface area contributed by atoms with Gasteiger partial charge in [0.2, 0.25) is 10.0 Å². The van der Waals surface area contributed by atoms with Crippen molar-refractivity contribution in [3.05, 3.63) is 41.5 Å². The molecule has 2 rings (SSSR count). The Hall–Kier alpha value is -2.21. The average Bonchev–Trinajstić information content (AvgIpc) is 2.84. The van der Waals surface area contributed by atoms with E-state index in [2.05, 4.69) is 20.8 Å². The number of nitrogens with one attached hydrogen (secondary N) is 1. The zero-order valence-corrected chi connectivity index (χ0v) is 12.9. The second-order valence-electron chi connectivity index (χ2n) is 4.46. The van der Waals surface area contributed by atoms with Crippen LogP contribution in [-0.2, 0) is 14.8 Å². The zero-order valence-electron chi connectivity index (χ0n) is 12.1. The van der Waals surface area contributed by atoms with Gasteiger partial charge in [0.1, 0.15) is 11.5 Å². The summed E-state index contributed by atoms with van der Waals surface area (Å²) in [6.45, 7) is 3.42. The number of hydrogen-bond donors (Lipinski definition) is 1. The maximum atomic E-state index is 12.4. The van der Waals surface area contributed by atoms with Gasteiger partial charge in [-0.3, -0.25) is 4.98 Å². The predicted molar refractivity (Wildman–Crippen MR) is 78.1 cm³/mol. The summed E-state index contributed by atoms with van der Waals surface area (Å²) < 4.78 is 37.6. The van der Waals surface area contributed by atoms with Crippen molar-refractivity contribution >= 4 is 10.0 Å². The molecule has 116 valence electrons. The van der Waals surface area contributed by atoms with E-state index in [1.54, 1.807) is 13.8 Å². The molecule has 0 aliphatic carbocycles. The Morgan fingerprint density at radius 2 is 2.27 bits per heavy atom. The Bertz CT molecular complexity index is 778. The molecule has 22 heavy (non-hydrogen) atoms. The van der Waals surface area contributed by atoms with E-state index >= 15 is 0 Å². The van der Waals surface area contributed by atoms with Crippen LogP contribution >= 0.6 is 0 Å². The molecule has 8 heteroatoms. The maximum absolute atomic E-state index is 12.4. The number of rotatable bonds is 6. The minimum Gasteiger partial charge on any atom is -0.356 e. The number of hydrogen-bond acceptors (Lipinski definition) is 6.